The lowest BCUT2D eigenvalue weighted by molar-refractivity contribution is 0.302. The van der Waals surface area contributed by atoms with Crippen LogP contribution in [0.1, 0.15) is 12.5 Å². The molecule has 0 spiro atoms. The van der Waals surface area contributed by atoms with Gasteiger partial charge in [-0.3, -0.25) is 0 Å². The van der Waals surface area contributed by atoms with Gasteiger partial charge in [-0.25, -0.2) is 4.99 Å². The molecule has 0 amide bonds. The molecule has 0 radical (unpaired) electrons. The van der Waals surface area contributed by atoms with Crippen molar-refractivity contribution in [3.05, 3.63) is 23.8 Å². The maximum Gasteiger partial charge on any atom is 0.223 e. The van der Waals surface area contributed by atoms with Crippen molar-refractivity contribution in [2.45, 2.75) is 13.8 Å². The fourth-order valence-electron chi connectivity index (χ4n) is 1.83. The number of guanidine groups is 2. The number of rotatable bonds is 5. The third-order valence-electron chi connectivity index (χ3n) is 2.78. The van der Waals surface area contributed by atoms with Crippen molar-refractivity contribution in [3.8, 4) is 0 Å². The Labute approximate surface area is 118 Å². The van der Waals surface area contributed by atoms with Crippen LogP contribution < -0.4 is 22.1 Å². The van der Waals surface area contributed by atoms with Crippen LogP contribution in [0.2, 0.25) is 0 Å². The van der Waals surface area contributed by atoms with Crippen LogP contribution in [-0.2, 0) is 0 Å². The van der Waals surface area contributed by atoms with Crippen LogP contribution in [0.3, 0.4) is 0 Å². The van der Waals surface area contributed by atoms with Crippen LogP contribution in [0.5, 0.6) is 0 Å². The second-order valence-electron chi connectivity index (χ2n) is 4.28. The van der Waals surface area contributed by atoms with E-state index in [-0.39, 0.29) is 18.5 Å². The Morgan fingerprint density at radius 1 is 1.30 bits per heavy atom. The van der Waals surface area contributed by atoms with E-state index in [1.165, 1.54) is 0 Å². The Bertz CT molecular complexity index is 508. The lowest BCUT2D eigenvalue weighted by Gasteiger charge is -2.22. The number of aryl methyl sites for hydroxylation is 1. The fourth-order valence-corrected chi connectivity index (χ4v) is 1.83. The van der Waals surface area contributed by atoms with E-state index in [4.69, 9.17) is 22.3 Å². The zero-order chi connectivity index (χ0) is 15.1. The van der Waals surface area contributed by atoms with Crippen molar-refractivity contribution in [2.24, 2.45) is 27.2 Å². The van der Waals surface area contributed by atoms with Crippen LogP contribution in [0, 0.1) is 6.92 Å². The summed E-state index contributed by atoms with van der Waals surface area (Å²) in [6.07, 6.45) is 0. The van der Waals surface area contributed by atoms with Gasteiger partial charge >= 0.3 is 0 Å². The Morgan fingerprint density at radius 2 is 2.00 bits per heavy atom. The normalized spacial score (nSPS) is 11.2. The maximum atomic E-state index is 9.04. The number of aliphatic hydroxyl groups is 1. The largest absolute Gasteiger partial charge is 0.395 e. The lowest BCUT2D eigenvalue weighted by Crippen LogP contribution is -2.26. The number of anilines is 1. The van der Waals surface area contributed by atoms with Crippen molar-refractivity contribution in [3.63, 3.8) is 0 Å². The van der Waals surface area contributed by atoms with Gasteiger partial charge in [-0.2, -0.15) is 4.99 Å². The van der Waals surface area contributed by atoms with Gasteiger partial charge in [0, 0.05) is 18.8 Å². The Kier molecular flexibility index (Phi) is 5.79. The molecule has 0 fully saturated rings. The molecule has 1 aromatic carbocycles. The predicted octanol–water partition coefficient (Wildman–Crippen LogP) is 0.0332. The lowest BCUT2D eigenvalue weighted by atomic mass is 10.1. The number of nitrogens with two attached hydrogens (primary N) is 3. The van der Waals surface area contributed by atoms with Crippen LogP contribution in [-0.4, -0.2) is 36.7 Å². The van der Waals surface area contributed by atoms with E-state index in [0.717, 1.165) is 17.8 Å². The summed E-state index contributed by atoms with van der Waals surface area (Å²) in [7, 11) is 0. The zero-order valence-electron chi connectivity index (χ0n) is 11.9. The number of nitrogens with zero attached hydrogens (tertiary/aromatic N) is 3. The van der Waals surface area contributed by atoms with Gasteiger partial charge < -0.3 is 27.2 Å². The number of aliphatic imine (C=N–C) groups is 2. The molecular formula is C13H22N6O. The van der Waals surface area contributed by atoms with E-state index >= 15 is 0 Å². The van der Waals surface area contributed by atoms with E-state index in [1.807, 2.05) is 32.0 Å². The monoisotopic (exact) mass is 278 g/mol. The van der Waals surface area contributed by atoms with Gasteiger partial charge in [0.1, 0.15) is 0 Å². The highest BCUT2D eigenvalue weighted by molar-refractivity contribution is 5.93. The minimum atomic E-state index is -0.124. The Hall–Kier alpha value is -2.28. The molecule has 0 atom stereocenters. The molecule has 0 saturated carbocycles. The smallest absolute Gasteiger partial charge is 0.223 e. The first kappa shape index (κ1) is 15.8. The molecule has 110 valence electrons. The third-order valence-corrected chi connectivity index (χ3v) is 2.78. The highest BCUT2D eigenvalue weighted by Crippen LogP contribution is 2.24. The van der Waals surface area contributed by atoms with Crippen molar-refractivity contribution >= 4 is 23.3 Å². The molecule has 0 aliphatic heterocycles. The summed E-state index contributed by atoms with van der Waals surface area (Å²) in [6.45, 7) is 5.49. The van der Waals surface area contributed by atoms with Crippen LogP contribution in [0.25, 0.3) is 0 Å². The quantitative estimate of drug-likeness (QED) is 0.446. The van der Waals surface area contributed by atoms with E-state index in [9.17, 15) is 0 Å². The summed E-state index contributed by atoms with van der Waals surface area (Å²) < 4.78 is 0. The molecular weight excluding hydrogens is 256 g/mol. The van der Waals surface area contributed by atoms with E-state index in [2.05, 4.69) is 14.9 Å². The second-order valence-corrected chi connectivity index (χ2v) is 4.28. The summed E-state index contributed by atoms with van der Waals surface area (Å²) in [5.74, 6) is -0.107. The summed E-state index contributed by atoms with van der Waals surface area (Å²) in [5.41, 5.74) is 18.8. The molecule has 20 heavy (non-hydrogen) atoms. The first-order valence-electron chi connectivity index (χ1n) is 6.38. The van der Waals surface area contributed by atoms with Gasteiger partial charge in [-0.05, 0) is 37.6 Å². The summed E-state index contributed by atoms with van der Waals surface area (Å²) in [6, 6.07) is 5.76. The number of hydrogen-bond donors (Lipinski definition) is 4. The van der Waals surface area contributed by atoms with Gasteiger partial charge in [0.25, 0.3) is 0 Å². The molecule has 1 aromatic rings. The van der Waals surface area contributed by atoms with Gasteiger partial charge in [0.05, 0.1) is 12.3 Å². The highest BCUT2D eigenvalue weighted by atomic mass is 16.3. The molecule has 0 bridgehead atoms. The second kappa shape index (κ2) is 7.34. The SMILES string of the molecule is CCN(CCO)c1ccc(N=C(N)N=C(N)N)c(C)c1. The van der Waals surface area contributed by atoms with Crippen LogP contribution in [0.4, 0.5) is 11.4 Å². The average molecular weight is 278 g/mol. The molecule has 7 heteroatoms. The third kappa shape index (κ3) is 4.43. The van der Waals surface area contributed by atoms with E-state index < -0.39 is 0 Å². The number of benzene rings is 1. The predicted molar refractivity (Wildman–Crippen MR) is 83.2 cm³/mol. The molecule has 0 saturated heterocycles. The topological polar surface area (TPSA) is 126 Å². The van der Waals surface area contributed by atoms with Gasteiger partial charge in [-0.15, -0.1) is 0 Å². The summed E-state index contributed by atoms with van der Waals surface area (Å²) in [4.78, 5) is 9.89. The van der Waals surface area contributed by atoms with E-state index in [1.54, 1.807) is 0 Å². The van der Waals surface area contributed by atoms with Crippen molar-refractivity contribution in [2.75, 3.05) is 24.6 Å². The molecule has 0 aromatic heterocycles. The van der Waals surface area contributed by atoms with Crippen molar-refractivity contribution in [1.82, 2.24) is 0 Å². The first-order chi connectivity index (χ1) is 9.47. The Balaban J connectivity index is 3.02. The number of hydrogen-bond acceptors (Lipinski definition) is 3. The molecule has 7 nitrogen and oxygen atoms in total. The van der Waals surface area contributed by atoms with Crippen molar-refractivity contribution < 1.29 is 5.11 Å². The molecule has 0 heterocycles. The minimum absolute atomic E-state index is 0.0172. The molecule has 0 unspecified atom stereocenters. The first-order valence-corrected chi connectivity index (χ1v) is 6.38. The van der Waals surface area contributed by atoms with Crippen LogP contribution >= 0.6 is 0 Å². The van der Waals surface area contributed by atoms with Gasteiger partial charge in [0.15, 0.2) is 5.96 Å². The molecule has 0 aliphatic carbocycles. The van der Waals surface area contributed by atoms with Crippen LogP contribution in [0.15, 0.2) is 28.2 Å². The van der Waals surface area contributed by atoms with Gasteiger partial charge in [0.2, 0.25) is 5.96 Å². The van der Waals surface area contributed by atoms with Gasteiger partial charge in [-0.1, -0.05) is 0 Å². The molecule has 1 rings (SSSR count). The Morgan fingerprint density at radius 3 is 2.50 bits per heavy atom. The van der Waals surface area contributed by atoms with Crippen molar-refractivity contribution in [1.29, 1.82) is 0 Å². The number of aliphatic hydroxyl groups excluding tert-OH is 1. The molecule has 0 aliphatic rings. The summed E-state index contributed by atoms with van der Waals surface area (Å²) in [5, 5.41) is 9.04. The molecule has 7 N–H and O–H groups in total. The number of likely N-dealkylation sites (N-methyl/N-ethyl adjacent to an activating group) is 1. The maximum absolute atomic E-state index is 9.04. The average Bonchev–Trinajstić information content (AvgIpc) is 2.37. The minimum Gasteiger partial charge on any atom is -0.395 e. The zero-order valence-corrected chi connectivity index (χ0v) is 11.9. The highest BCUT2D eigenvalue weighted by Gasteiger charge is 2.06. The summed E-state index contributed by atoms with van der Waals surface area (Å²) >= 11 is 0. The standard InChI is InChI=1S/C13H22N6O/c1-3-19(6-7-20)10-4-5-11(9(2)8-10)17-13(16)18-12(14)15/h4-5,8,20H,3,6-7H2,1-2H3,(H6,14,15,16,17,18). The van der Waals surface area contributed by atoms with E-state index in [0.29, 0.717) is 12.2 Å². The fraction of sp³-hybridized carbons (Fsp3) is 0.385.